The fourth-order valence-corrected chi connectivity index (χ4v) is 2.92. The standard InChI is InChI=1S/C19H15ClN4O3/c1-2-26-16-6-4-3-5-14(16)18-22-17(27-23-18)10-24-11-21-15-9-12(20)7-8-13(15)19(24)25/h3-9,11H,2,10H2,1H3. The lowest BCUT2D eigenvalue weighted by molar-refractivity contribution is 0.340. The summed E-state index contributed by atoms with van der Waals surface area (Å²) in [6.45, 7) is 2.56. The highest BCUT2D eigenvalue weighted by molar-refractivity contribution is 6.31. The number of nitrogens with zero attached hydrogens (tertiary/aromatic N) is 4. The van der Waals surface area contributed by atoms with E-state index in [4.69, 9.17) is 20.9 Å². The molecular weight excluding hydrogens is 368 g/mol. The van der Waals surface area contributed by atoms with Gasteiger partial charge in [0, 0.05) is 5.02 Å². The van der Waals surface area contributed by atoms with Gasteiger partial charge in [-0.15, -0.1) is 0 Å². The molecule has 0 bridgehead atoms. The second kappa shape index (κ2) is 7.20. The van der Waals surface area contributed by atoms with E-state index >= 15 is 0 Å². The molecule has 0 saturated heterocycles. The van der Waals surface area contributed by atoms with Crippen molar-refractivity contribution in [3.8, 4) is 17.1 Å². The largest absolute Gasteiger partial charge is 0.493 e. The molecular formula is C19H15ClN4O3. The van der Waals surface area contributed by atoms with Crippen molar-refractivity contribution in [2.45, 2.75) is 13.5 Å². The van der Waals surface area contributed by atoms with Crippen LogP contribution in [0.2, 0.25) is 5.02 Å². The maximum absolute atomic E-state index is 12.6. The monoisotopic (exact) mass is 382 g/mol. The van der Waals surface area contributed by atoms with Crippen LogP contribution in [0, 0.1) is 0 Å². The fraction of sp³-hybridized carbons (Fsp3) is 0.158. The molecule has 0 radical (unpaired) electrons. The number of rotatable bonds is 5. The van der Waals surface area contributed by atoms with Crippen molar-refractivity contribution in [2.24, 2.45) is 0 Å². The minimum absolute atomic E-state index is 0.119. The van der Waals surface area contributed by atoms with Crippen LogP contribution in [0.25, 0.3) is 22.3 Å². The summed E-state index contributed by atoms with van der Waals surface area (Å²) < 4.78 is 12.3. The maximum atomic E-state index is 12.6. The summed E-state index contributed by atoms with van der Waals surface area (Å²) in [6, 6.07) is 12.4. The van der Waals surface area contributed by atoms with Crippen LogP contribution in [0.4, 0.5) is 0 Å². The molecule has 7 nitrogen and oxygen atoms in total. The molecule has 0 unspecified atom stereocenters. The lowest BCUT2D eigenvalue weighted by atomic mass is 10.2. The molecule has 0 amide bonds. The van der Waals surface area contributed by atoms with E-state index in [1.807, 2.05) is 31.2 Å². The van der Waals surface area contributed by atoms with E-state index < -0.39 is 0 Å². The molecule has 4 rings (SSSR count). The first-order valence-corrected chi connectivity index (χ1v) is 8.73. The third-order valence-corrected chi connectivity index (χ3v) is 4.22. The van der Waals surface area contributed by atoms with E-state index in [0.717, 1.165) is 5.56 Å². The number of para-hydroxylation sites is 1. The molecule has 27 heavy (non-hydrogen) atoms. The molecule has 0 aliphatic carbocycles. The third kappa shape index (κ3) is 3.41. The Labute approximate surface area is 159 Å². The van der Waals surface area contributed by atoms with Crippen LogP contribution in [0.1, 0.15) is 12.8 Å². The quantitative estimate of drug-likeness (QED) is 0.525. The Balaban J connectivity index is 1.66. The van der Waals surface area contributed by atoms with Crippen LogP contribution in [-0.2, 0) is 6.54 Å². The molecule has 8 heteroatoms. The summed E-state index contributed by atoms with van der Waals surface area (Å²) in [7, 11) is 0. The van der Waals surface area contributed by atoms with Gasteiger partial charge in [0.2, 0.25) is 11.7 Å². The Morgan fingerprint density at radius 2 is 2.07 bits per heavy atom. The van der Waals surface area contributed by atoms with E-state index in [2.05, 4.69) is 15.1 Å². The third-order valence-electron chi connectivity index (χ3n) is 3.99. The summed E-state index contributed by atoms with van der Waals surface area (Å²) >= 11 is 5.94. The van der Waals surface area contributed by atoms with Gasteiger partial charge in [0.1, 0.15) is 12.3 Å². The van der Waals surface area contributed by atoms with Gasteiger partial charge in [-0.05, 0) is 37.3 Å². The van der Waals surface area contributed by atoms with Crippen molar-refractivity contribution in [2.75, 3.05) is 6.61 Å². The molecule has 2 aromatic carbocycles. The molecule has 2 aromatic heterocycles. The molecule has 0 aliphatic rings. The minimum Gasteiger partial charge on any atom is -0.493 e. The van der Waals surface area contributed by atoms with Crippen molar-refractivity contribution >= 4 is 22.5 Å². The normalized spacial score (nSPS) is 11.0. The number of fused-ring (bicyclic) bond motifs is 1. The number of benzene rings is 2. The van der Waals surface area contributed by atoms with E-state index in [-0.39, 0.29) is 12.1 Å². The molecule has 0 fully saturated rings. The Kier molecular flexibility index (Phi) is 4.60. The van der Waals surface area contributed by atoms with Gasteiger partial charge in [0.15, 0.2) is 0 Å². The molecule has 136 valence electrons. The van der Waals surface area contributed by atoms with Crippen molar-refractivity contribution in [1.82, 2.24) is 19.7 Å². The second-order valence-electron chi connectivity index (χ2n) is 5.78. The van der Waals surface area contributed by atoms with Gasteiger partial charge >= 0.3 is 0 Å². The SMILES string of the molecule is CCOc1ccccc1-c1noc(Cn2cnc3cc(Cl)ccc3c2=O)n1. The summed E-state index contributed by atoms with van der Waals surface area (Å²) in [6.07, 6.45) is 1.44. The zero-order valence-electron chi connectivity index (χ0n) is 14.4. The fourth-order valence-electron chi connectivity index (χ4n) is 2.75. The summed E-state index contributed by atoms with van der Waals surface area (Å²) in [5.41, 5.74) is 1.07. The first-order chi connectivity index (χ1) is 13.2. The van der Waals surface area contributed by atoms with Crippen molar-refractivity contribution < 1.29 is 9.26 Å². The zero-order valence-corrected chi connectivity index (χ0v) is 15.2. The highest BCUT2D eigenvalue weighted by atomic mass is 35.5. The Morgan fingerprint density at radius 3 is 2.93 bits per heavy atom. The van der Waals surface area contributed by atoms with Crippen LogP contribution >= 0.6 is 11.6 Å². The molecule has 0 N–H and O–H groups in total. The molecule has 2 heterocycles. The first kappa shape index (κ1) is 17.2. The molecule has 0 atom stereocenters. The van der Waals surface area contributed by atoms with Crippen LogP contribution in [-0.4, -0.2) is 26.3 Å². The van der Waals surface area contributed by atoms with Gasteiger partial charge in [0.05, 0.1) is 29.4 Å². The van der Waals surface area contributed by atoms with Gasteiger partial charge < -0.3 is 9.26 Å². The van der Waals surface area contributed by atoms with Crippen molar-refractivity contribution in [3.63, 3.8) is 0 Å². The lowest BCUT2D eigenvalue weighted by Gasteiger charge is -2.06. The van der Waals surface area contributed by atoms with Gasteiger partial charge in [-0.25, -0.2) is 4.98 Å². The summed E-state index contributed by atoms with van der Waals surface area (Å²) in [5.74, 6) is 1.38. The average molecular weight is 383 g/mol. The molecule has 4 aromatic rings. The highest BCUT2D eigenvalue weighted by Crippen LogP contribution is 2.27. The Bertz CT molecular complexity index is 1170. The van der Waals surface area contributed by atoms with Crippen LogP contribution in [0.5, 0.6) is 5.75 Å². The van der Waals surface area contributed by atoms with E-state index in [9.17, 15) is 4.79 Å². The smallest absolute Gasteiger partial charge is 0.261 e. The summed E-state index contributed by atoms with van der Waals surface area (Å²) in [5, 5.41) is 5.01. The van der Waals surface area contributed by atoms with Crippen molar-refractivity contribution in [3.05, 3.63) is 70.1 Å². The number of aromatic nitrogens is 4. The van der Waals surface area contributed by atoms with Crippen LogP contribution < -0.4 is 10.3 Å². The number of hydrogen-bond donors (Lipinski definition) is 0. The maximum Gasteiger partial charge on any atom is 0.261 e. The van der Waals surface area contributed by atoms with E-state index in [0.29, 0.717) is 40.0 Å². The minimum atomic E-state index is -0.203. The van der Waals surface area contributed by atoms with E-state index in [1.54, 1.807) is 18.2 Å². The number of halogens is 1. The number of hydrogen-bond acceptors (Lipinski definition) is 6. The number of ether oxygens (including phenoxy) is 1. The van der Waals surface area contributed by atoms with Gasteiger partial charge in [-0.2, -0.15) is 4.98 Å². The summed E-state index contributed by atoms with van der Waals surface area (Å²) in [4.78, 5) is 21.3. The second-order valence-corrected chi connectivity index (χ2v) is 6.22. The lowest BCUT2D eigenvalue weighted by Crippen LogP contribution is -2.21. The van der Waals surface area contributed by atoms with E-state index in [1.165, 1.54) is 10.9 Å². The molecule has 0 spiro atoms. The van der Waals surface area contributed by atoms with Crippen LogP contribution in [0.15, 0.2) is 58.1 Å². The van der Waals surface area contributed by atoms with Crippen LogP contribution in [0.3, 0.4) is 0 Å². The first-order valence-electron chi connectivity index (χ1n) is 8.35. The Hall–Kier alpha value is -3.19. The average Bonchev–Trinajstić information content (AvgIpc) is 3.13. The highest BCUT2D eigenvalue weighted by Gasteiger charge is 2.14. The zero-order chi connectivity index (χ0) is 18.8. The van der Waals surface area contributed by atoms with Gasteiger partial charge in [-0.3, -0.25) is 9.36 Å². The molecule has 0 aliphatic heterocycles. The Morgan fingerprint density at radius 1 is 1.22 bits per heavy atom. The topological polar surface area (TPSA) is 83.0 Å². The van der Waals surface area contributed by atoms with Gasteiger partial charge in [0.25, 0.3) is 5.56 Å². The van der Waals surface area contributed by atoms with Gasteiger partial charge in [-0.1, -0.05) is 28.9 Å². The predicted octanol–water partition coefficient (Wildman–Crippen LogP) is 3.55. The predicted molar refractivity (Wildman–Crippen MR) is 101 cm³/mol. The van der Waals surface area contributed by atoms with Crippen molar-refractivity contribution in [1.29, 1.82) is 0 Å². The molecule has 0 saturated carbocycles.